The Labute approximate surface area is 172 Å². The lowest BCUT2D eigenvalue weighted by Gasteiger charge is -2.35. The van der Waals surface area contributed by atoms with Gasteiger partial charge < -0.3 is 15.2 Å². The molecule has 1 aliphatic rings. The average Bonchev–Trinajstić information content (AvgIpc) is 3.27. The number of aromatic amines is 1. The molecule has 7 nitrogen and oxygen atoms in total. The van der Waals surface area contributed by atoms with Gasteiger partial charge in [-0.3, -0.25) is 4.99 Å². The number of anilines is 2. The van der Waals surface area contributed by atoms with E-state index < -0.39 is 0 Å². The van der Waals surface area contributed by atoms with Crippen molar-refractivity contribution in [1.82, 2.24) is 19.9 Å². The van der Waals surface area contributed by atoms with Gasteiger partial charge >= 0.3 is 0 Å². The predicted molar refractivity (Wildman–Crippen MR) is 114 cm³/mol. The summed E-state index contributed by atoms with van der Waals surface area (Å²) >= 11 is 0. The van der Waals surface area contributed by atoms with Gasteiger partial charge in [0, 0.05) is 11.9 Å². The molecule has 0 saturated carbocycles. The number of halogens is 1. The molecule has 2 N–H and O–H groups in total. The molecule has 4 aromatic rings. The third-order valence-electron chi connectivity index (χ3n) is 5.25. The van der Waals surface area contributed by atoms with Gasteiger partial charge in [-0.05, 0) is 30.7 Å². The molecule has 0 spiro atoms. The number of fused-ring (bicyclic) bond motifs is 2. The lowest BCUT2D eigenvalue weighted by molar-refractivity contribution is 0.532. The monoisotopic (exact) mass is 401 g/mol. The third kappa shape index (κ3) is 3.16. The summed E-state index contributed by atoms with van der Waals surface area (Å²) in [6.45, 7) is 2.09. The topological polar surface area (TPSA) is 82.1 Å². The van der Waals surface area contributed by atoms with E-state index >= 15 is 0 Å². The summed E-state index contributed by atoms with van der Waals surface area (Å²) in [5.41, 5.74) is 2.28. The normalized spacial score (nSPS) is 16.5. The van der Waals surface area contributed by atoms with Crippen molar-refractivity contribution < 1.29 is 4.39 Å². The number of para-hydroxylation sites is 1. The molecule has 2 atom stereocenters. The Morgan fingerprint density at radius 2 is 1.97 bits per heavy atom. The molecule has 0 fully saturated rings. The molecule has 0 amide bonds. The summed E-state index contributed by atoms with van der Waals surface area (Å²) in [5, 5.41) is 4.63. The summed E-state index contributed by atoms with van der Waals surface area (Å²) in [5.74, 6) is 0.379. The Bertz CT molecular complexity index is 1300. The van der Waals surface area contributed by atoms with Gasteiger partial charge in [0.1, 0.15) is 23.8 Å². The van der Waals surface area contributed by atoms with E-state index in [2.05, 4.69) is 32.2 Å². The second kappa shape index (κ2) is 7.55. The third-order valence-corrected chi connectivity index (χ3v) is 5.25. The minimum atomic E-state index is -0.292. The van der Waals surface area contributed by atoms with E-state index in [0.717, 1.165) is 17.6 Å². The highest BCUT2D eigenvalue weighted by Crippen LogP contribution is 2.25. The second-order valence-corrected chi connectivity index (χ2v) is 7.07. The van der Waals surface area contributed by atoms with Crippen molar-refractivity contribution in [1.29, 1.82) is 0 Å². The van der Waals surface area contributed by atoms with Crippen molar-refractivity contribution in [2.45, 2.75) is 25.6 Å². The average molecular weight is 401 g/mol. The van der Waals surface area contributed by atoms with Crippen molar-refractivity contribution in [2.24, 2.45) is 4.99 Å². The quantitative estimate of drug-likeness (QED) is 0.537. The molecule has 3 heterocycles. The number of hydrogen-bond acceptors (Lipinski definition) is 6. The summed E-state index contributed by atoms with van der Waals surface area (Å²) in [7, 11) is 0. The Hall–Kier alpha value is -3.81. The molecule has 5 rings (SSSR count). The zero-order valence-corrected chi connectivity index (χ0v) is 16.3. The van der Waals surface area contributed by atoms with E-state index in [1.807, 2.05) is 47.5 Å². The molecule has 0 aliphatic carbocycles. The summed E-state index contributed by atoms with van der Waals surface area (Å²) in [4.78, 5) is 22.8. The largest absolute Gasteiger partial charge is 0.361 e. The molecule has 1 unspecified atom stereocenters. The van der Waals surface area contributed by atoms with Crippen molar-refractivity contribution >= 4 is 28.9 Å². The molecule has 2 aromatic carbocycles. The molecule has 0 radical (unpaired) electrons. The summed E-state index contributed by atoms with van der Waals surface area (Å²) < 4.78 is 14.5. The smallest absolute Gasteiger partial charge is 0.182 e. The minimum Gasteiger partial charge on any atom is -0.361 e. The van der Waals surface area contributed by atoms with E-state index in [-0.39, 0.29) is 18.0 Å². The fourth-order valence-electron chi connectivity index (χ4n) is 3.73. The number of rotatable bonds is 5. The van der Waals surface area contributed by atoms with Crippen LogP contribution in [0, 0.1) is 5.82 Å². The lowest BCUT2D eigenvalue weighted by atomic mass is 10.1. The number of imidazole rings is 1. The highest BCUT2D eigenvalue weighted by molar-refractivity contribution is 5.82. The SMILES string of the molecule is CC[C@H](Nc1ncnc2nc[nH]c12)C1N=c2cccc(F)c2=CN1c1ccccc1. The molecular weight excluding hydrogens is 381 g/mol. The van der Waals surface area contributed by atoms with Gasteiger partial charge in [0.2, 0.25) is 0 Å². The first-order valence-electron chi connectivity index (χ1n) is 9.83. The van der Waals surface area contributed by atoms with Crippen LogP contribution in [0.5, 0.6) is 0 Å². The molecule has 1 aliphatic heterocycles. The Kier molecular flexibility index (Phi) is 4.59. The highest BCUT2D eigenvalue weighted by atomic mass is 19.1. The van der Waals surface area contributed by atoms with Crippen LogP contribution in [0.2, 0.25) is 0 Å². The minimum absolute atomic E-state index is 0.0979. The van der Waals surface area contributed by atoms with Gasteiger partial charge in [0.15, 0.2) is 11.5 Å². The number of hydrogen-bond donors (Lipinski definition) is 2. The van der Waals surface area contributed by atoms with Crippen molar-refractivity contribution in [3.8, 4) is 0 Å². The van der Waals surface area contributed by atoms with Gasteiger partial charge in [0.25, 0.3) is 0 Å². The zero-order chi connectivity index (χ0) is 20.5. The van der Waals surface area contributed by atoms with Crippen LogP contribution in [0.1, 0.15) is 13.3 Å². The lowest BCUT2D eigenvalue weighted by Crippen LogP contribution is -2.50. The van der Waals surface area contributed by atoms with Crippen LogP contribution in [-0.2, 0) is 0 Å². The van der Waals surface area contributed by atoms with Crippen LogP contribution in [0.3, 0.4) is 0 Å². The summed E-state index contributed by atoms with van der Waals surface area (Å²) in [6, 6.07) is 14.8. The maximum absolute atomic E-state index is 14.5. The Balaban J connectivity index is 1.61. The number of aromatic nitrogens is 4. The molecule has 0 saturated heterocycles. The zero-order valence-electron chi connectivity index (χ0n) is 16.3. The van der Waals surface area contributed by atoms with Crippen LogP contribution in [0.25, 0.3) is 17.4 Å². The van der Waals surface area contributed by atoms with Gasteiger partial charge in [-0.25, -0.2) is 19.3 Å². The molecular formula is C22H20FN7. The highest BCUT2D eigenvalue weighted by Gasteiger charge is 2.28. The van der Waals surface area contributed by atoms with Crippen molar-refractivity contribution in [3.05, 3.63) is 77.6 Å². The van der Waals surface area contributed by atoms with E-state index in [1.165, 1.54) is 12.4 Å². The Morgan fingerprint density at radius 3 is 2.80 bits per heavy atom. The molecule has 2 aromatic heterocycles. The molecule has 8 heteroatoms. The molecule has 150 valence electrons. The van der Waals surface area contributed by atoms with Crippen molar-refractivity contribution in [3.63, 3.8) is 0 Å². The van der Waals surface area contributed by atoms with Gasteiger partial charge in [-0.2, -0.15) is 0 Å². The number of nitrogens with one attached hydrogen (secondary N) is 2. The summed E-state index contributed by atoms with van der Waals surface area (Å²) in [6.07, 6.45) is 5.41. The first-order chi connectivity index (χ1) is 14.7. The maximum atomic E-state index is 14.5. The van der Waals surface area contributed by atoms with E-state index in [0.29, 0.717) is 22.0 Å². The van der Waals surface area contributed by atoms with Crippen LogP contribution in [-0.4, -0.2) is 32.1 Å². The number of H-pyrrole nitrogens is 1. The predicted octanol–water partition coefficient (Wildman–Crippen LogP) is 2.59. The van der Waals surface area contributed by atoms with E-state index in [9.17, 15) is 4.39 Å². The van der Waals surface area contributed by atoms with E-state index in [1.54, 1.807) is 12.4 Å². The van der Waals surface area contributed by atoms with Crippen LogP contribution < -0.4 is 20.8 Å². The number of benzene rings is 2. The fraction of sp³-hybridized carbons (Fsp3) is 0.182. The molecule has 30 heavy (non-hydrogen) atoms. The standard InChI is InChI=1S/C22H20FN7/c1-2-17(28-21-19-20(25-12-24-19)26-13-27-21)22-29-18-10-6-9-16(23)15(18)11-30(22)14-7-4-3-5-8-14/h3-13,17,22H,2H2,1H3,(H2,24,25,26,27,28)/t17-,22?/m0/s1. The van der Waals surface area contributed by atoms with Gasteiger partial charge in [-0.15, -0.1) is 0 Å². The molecule has 0 bridgehead atoms. The van der Waals surface area contributed by atoms with Crippen LogP contribution in [0.4, 0.5) is 15.9 Å². The fourth-order valence-corrected chi connectivity index (χ4v) is 3.73. The first-order valence-corrected chi connectivity index (χ1v) is 9.83. The van der Waals surface area contributed by atoms with Gasteiger partial charge in [-0.1, -0.05) is 31.2 Å². The Morgan fingerprint density at radius 1 is 1.10 bits per heavy atom. The number of nitrogens with zero attached hydrogens (tertiary/aromatic N) is 5. The first kappa shape index (κ1) is 18.2. The van der Waals surface area contributed by atoms with Crippen LogP contribution in [0.15, 0.2) is 66.2 Å². The van der Waals surface area contributed by atoms with Crippen molar-refractivity contribution in [2.75, 3.05) is 10.2 Å². The van der Waals surface area contributed by atoms with Crippen LogP contribution >= 0.6 is 0 Å². The maximum Gasteiger partial charge on any atom is 0.182 e. The van der Waals surface area contributed by atoms with E-state index in [4.69, 9.17) is 4.99 Å². The second-order valence-electron chi connectivity index (χ2n) is 7.07. The van der Waals surface area contributed by atoms with Gasteiger partial charge in [0.05, 0.1) is 22.9 Å².